The molecule has 1 unspecified atom stereocenters. The maximum atomic E-state index is 12.2. The summed E-state index contributed by atoms with van der Waals surface area (Å²) in [6.07, 6.45) is 1.27. The minimum absolute atomic E-state index is 0.000309. The molecule has 2 amide bonds. The molecule has 1 fully saturated rings. The van der Waals surface area contributed by atoms with Gasteiger partial charge in [0.1, 0.15) is 0 Å². The lowest BCUT2D eigenvalue weighted by molar-refractivity contribution is -0.126. The Morgan fingerprint density at radius 1 is 1.32 bits per heavy atom. The topological polar surface area (TPSA) is 49.4 Å². The highest BCUT2D eigenvalue weighted by Gasteiger charge is 2.34. The Bertz CT molecular complexity index is 566. The fourth-order valence-electron chi connectivity index (χ4n) is 2.65. The second-order valence-electron chi connectivity index (χ2n) is 6.65. The summed E-state index contributed by atoms with van der Waals surface area (Å²) in [4.78, 5) is 26.1. The van der Waals surface area contributed by atoms with Gasteiger partial charge in [-0.1, -0.05) is 19.9 Å². The van der Waals surface area contributed by atoms with Crippen LogP contribution in [-0.4, -0.2) is 24.9 Å². The average molecular weight is 302 g/mol. The van der Waals surface area contributed by atoms with Crippen LogP contribution in [0.25, 0.3) is 0 Å². The van der Waals surface area contributed by atoms with E-state index in [4.69, 9.17) is 0 Å². The predicted octanol–water partition coefficient (Wildman–Crippen LogP) is 2.82. The van der Waals surface area contributed by atoms with Gasteiger partial charge < -0.3 is 10.2 Å². The molecule has 1 aromatic rings. The molecule has 0 saturated carbocycles. The number of hydrogen-bond acceptors (Lipinski definition) is 2. The number of anilines is 1. The standard InChI is InChI=1S/C18H26N2O2/c1-12(2)7-8-19-18(22)15-10-17(21)20(11-15)16-6-5-13(3)14(4)9-16/h5-6,9,12,15H,7-8,10-11H2,1-4H3,(H,19,22). The second kappa shape index (κ2) is 6.95. The highest BCUT2D eigenvalue weighted by molar-refractivity contribution is 6.00. The molecule has 0 aromatic heterocycles. The Labute approximate surface area is 132 Å². The number of aryl methyl sites for hydroxylation is 2. The van der Waals surface area contributed by atoms with E-state index in [-0.39, 0.29) is 17.7 Å². The van der Waals surface area contributed by atoms with Gasteiger partial charge in [-0.05, 0) is 49.4 Å². The average Bonchev–Trinajstić information content (AvgIpc) is 2.83. The zero-order valence-electron chi connectivity index (χ0n) is 14.0. The Hall–Kier alpha value is -1.84. The molecule has 0 radical (unpaired) electrons. The van der Waals surface area contributed by atoms with Crippen molar-refractivity contribution in [2.75, 3.05) is 18.0 Å². The van der Waals surface area contributed by atoms with Gasteiger partial charge in [0.15, 0.2) is 0 Å². The predicted molar refractivity (Wildman–Crippen MR) is 88.8 cm³/mol. The summed E-state index contributed by atoms with van der Waals surface area (Å²) in [6, 6.07) is 6.00. The summed E-state index contributed by atoms with van der Waals surface area (Å²) in [7, 11) is 0. The highest BCUT2D eigenvalue weighted by atomic mass is 16.2. The molecule has 0 spiro atoms. The van der Waals surface area contributed by atoms with Gasteiger partial charge in [-0.25, -0.2) is 0 Å². The van der Waals surface area contributed by atoms with E-state index in [9.17, 15) is 9.59 Å². The SMILES string of the molecule is Cc1ccc(N2CC(C(=O)NCCC(C)C)CC2=O)cc1C. The van der Waals surface area contributed by atoms with Crippen molar-refractivity contribution in [1.29, 1.82) is 0 Å². The van der Waals surface area contributed by atoms with Crippen molar-refractivity contribution < 1.29 is 9.59 Å². The molecule has 1 N–H and O–H groups in total. The molecule has 1 aliphatic rings. The fourth-order valence-corrected chi connectivity index (χ4v) is 2.65. The van der Waals surface area contributed by atoms with Crippen molar-refractivity contribution in [2.45, 2.75) is 40.5 Å². The normalized spacial score (nSPS) is 18.1. The van der Waals surface area contributed by atoms with Crippen molar-refractivity contribution in [1.82, 2.24) is 5.32 Å². The fraction of sp³-hybridized carbons (Fsp3) is 0.556. The van der Waals surface area contributed by atoms with Crippen LogP contribution in [0.5, 0.6) is 0 Å². The lowest BCUT2D eigenvalue weighted by Gasteiger charge is -2.18. The van der Waals surface area contributed by atoms with Crippen LogP contribution in [0.2, 0.25) is 0 Å². The number of hydrogen-bond donors (Lipinski definition) is 1. The van der Waals surface area contributed by atoms with Crippen LogP contribution in [0.4, 0.5) is 5.69 Å². The van der Waals surface area contributed by atoms with Crippen LogP contribution in [0.15, 0.2) is 18.2 Å². The van der Waals surface area contributed by atoms with Crippen LogP contribution >= 0.6 is 0 Å². The zero-order chi connectivity index (χ0) is 16.3. The van der Waals surface area contributed by atoms with E-state index in [1.54, 1.807) is 4.90 Å². The summed E-state index contributed by atoms with van der Waals surface area (Å²) in [6.45, 7) is 9.52. The van der Waals surface area contributed by atoms with Gasteiger partial charge in [-0.2, -0.15) is 0 Å². The maximum absolute atomic E-state index is 12.2. The van der Waals surface area contributed by atoms with Crippen molar-refractivity contribution >= 4 is 17.5 Å². The van der Waals surface area contributed by atoms with Crippen molar-refractivity contribution in [3.05, 3.63) is 29.3 Å². The number of rotatable bonds is 5. The van der Waals surface area contributed by atoms with E-state index in [1.165, 1.54) is 5.56 Å². The molecule has 1 saturated heterocycles. The molecule has 0 aliphatic carbocycles. The molecule has 120 valence electrons. The summed E-state index contributed by atoms with van der Waals surface area (Å²) in [5.41, 5.74) is 3.26. The van der Waals surface area contributed by atoms with Crippen LogP contribution in [0.3, 0.4) is 0 Å². The lowest BCUT2D eigenvalue weighted by Crippen LogP contribution is -2.33. The Morgan fingerprint density at radius 2 is 2.05 bits per heavy atom. The number of nitrogens with zero attached hydrogens (tertiary/aromatic N) is 1. The van der Waals surface area contributed by atoms with E-state index < -0.39 is 0 Å². The summed E-state index contributed by atoms with van der Waals surface area (Å²) in [5.74, 6) is 0.367. The van der Waals surface area contributed by atoms with Gasteiger partial charge in [0.25, 0.3) is 0 Å². The third-order valence-electron chi connectivity index (χ3n) is 4.32. The smallest absolute Gasteiger partial charge is 0.227 e. The van der Waals surface area contributed by atoms with Crippen LogP contribution in [0, 0.1) is 25.7 Å². The number of amides is 2. The summed E-state index contributed by atoms with van der Waals surface area (Å²) >= 11 is 0. The number of nitrogens with one attached hydrogen (secondary N) is 1. The Kier molecular flexibility index (Phi) is 5.22. The largest absolute Gasteiger partial charge is 0.356 e. The van der Waals surface area contributed by atoms with Crippen molar-refractivity contribution in [3.63, 3.8) is 0 Å². The van der Waals surface area contributed by atoms with E-state index in [2.05, 4.69) is 26.1 Å². The summed E-state index contributed by atoms with van der Waals surface area (Å²) < 4.78 is 0. The van der Waals surface area contributed by atoms with Crippen LogP contribution < -0.4 is 10.2 Å². The molecule has 1 heterocycles. The first-order chi connectivity index (χ1) is 10.4. The van der Waals surface area contributed by atoms with Crippen LogP contribution in [0.1, 0.15) is 37.8 Å². The van der Waals surface area contributed by atoms with Gasteiger partial charge in [-0.3, -0.25) is 9.59 Å². The Morgan fingerprint density at radius 3 is 2.68 bits per heavy atom. The molecule has 0 bridgehead atoms. The lowest BCUT2D eigenvalue weighted by atomic mass is 10.1. The third-order valence-corrected chi connectivity index (χ3v) is 4.32. The van der Waals surface area contributed by atoms with Crippen LogP contribution in [-0.2, 0) is 9.59 Å². The molecular formula is C18H26N2O2. The first kappa shape index (κ1) is 16.5. The van der Waals surface area contributed by atoms with Crippen molar-refractivity contribution in [3.8, 4) is 0 Å². The van der Waals surface area contributed by atoms with Crippen molar-refractivity contribution in [2.24, 2.45) is 11.8 Å². The van der Waals surface area contributed by atoms with Gasteiger partial charge in [0.2, 0.25) is 11.8 Å². The Balaban J connectivity index is 1.98. The number of carbonyl (C=O) groups is 2. The van der Waals surface area contributed by atoms with E-state index in [1.807, 2.05) is 25.1 Å². The van der Waals surface area contributed by atoms with Gasteiger partial charge in [-0.15, -0.1) is 0 Å². The quantitative estimate of drug-likeness (QED) is 0.909. The maximum Gasteiger partial charge on any atom is 0.227 e. The second-order valence-corrected chi connectivity index (χ2v) is 6.65. The number of benzene rings is 1. The highest BCUT2D eigenvalue weighted by Crippen LogP contribution is 2.26. The molecule has 1 aromatic carbocycles. The molecule has 1 aliphatic heterocycles. The summed E-state index contributed by atoms with van der Waals surface area (Å²) in [5, 5.41) is 2.95. The first-order valence-electron chi connectivity index (χ1n) is 8.03. The minimum atomic E-state index is -0.235. The third kappa shape index (κ3) is 3.87. The van der Waals surface area contributed by atoms with Gasteiger partial charge in [0, 0.05) is 25.2 Å². The molecule has 22 heavy (non-hydrogen) atoms. The van der Waals surface area contributed by atoms with E-state index >= 15 is 0 Å². The first-order valence-corrected chi connectivity index (χ1v) is 8.03. The van der Waals surface area contributed by atoms with E-state index in [0.29, 0.717) is 25.4 Å². The molecule has 2 rings (SSSR count). The number of carbonyl (C=O) groups excluding carboxylic acids is 2. The zero-order valence-corrected chi connectivity index (χ0v) is 14.0. The van der Waals surface area contributed by atoms with Gasteiger partial charge >= 0.3 is 0 Å². The molecule has 1 atom stereocenters. The minimum Gasteiger partial charge on any atom is -0.356 e. The monoisotopic (exact) mass is 302 g/mol. The molecule has 4 heteroatoms. The van der Waals surface area contributed by atoms with E-state index in [0.717, 1.165) is 17.7 Å². The molecular weight excluding hydrogens is 276 g/mol. The molecule has 4 nitrogen and oxygen atoms in total. The van der Waals surface area contributed by atoms with Gasteiger partial charge in [0.05, 0.1) is 5.92 Å².